The zero-order valence-electron chi connectivity index (χ0n) is 22.5. The molecule has 1 aliphatic carbocycles. The lowest BCUT2D eigenvalue weighted by atomic mass is 9.73. The van der Waals surface area contributed by atoms with E-state index in [1.165, 1.54) is 0 Å². The monoisotopic (exact) mass is 502 g/mol. The van der Waals surface area contributed by atoms with Crippen molar-refractivity contribution >= 4 is 24.1 Å². The molecule has 5 amide bonds. The Hall–Kier alpha value is -3.10. The molecule has 0 atom stereocenters. The molecule has 3 rings (SSSR count). The summed E-state index contributed by atoms with van der Waals surface area (Å²) in [5, 5.41) is 0. The Balaban J connectivity index is 1.87. The molecule has 2 aliphatic rings. The van der Waals surface area contributed by atoms with Gasteiger partial charge in [-0.05, 0) is 105 Å². The van der Waals surface area contributed by atoms with Gasteiger partial charge in [-0.15, -0.1) is 0 Å². The van der Waals surface area contributed by atoms with E-state index in [1.807, 2.05) is 38.1 Å². The molecule has 9 nitrogen and oxygen atoms in total. The zero-order valence-corrected chi connectivity index (χ0v) is 22.5. The highest BCUT2D eigenvalue weighted by atomic mass is 16.6. The van der Waals surface area contributed by atoms with Gasteiger partial charge in [-0.1, -0.05) is 12.1 Å². The fourth-order valence-corrected chi connectivity index (χ4v) is 4.66. The Morgan fingerprint density at radius 2 is 1.39 bits per heavy atom. The molecule has 0 bridgehead atoms. The van der Waals surface area contributed by atoms with Gasteiger partial charge in [0.05, 0.1) is 6.10 Å². The quantitative estimate of drug-likeness (QED) is 0.467. The van der Waals surface area contributed by atoms with E-state index in [1.54, 1.807) is 41.5 Å². The molecule has 1 spiro atoms. The Labute approximate surface area is 213 Å². The normalized spacial score (nSPS) is 22.9. The van der Waals surface area contributed by atoms with Crippen LogP contribution < -0.4 is 4.74 Å². The summed E-state index contributed by atoms with van der Waals surface area (Å²) in [6, 6.07) is 6.81. The van der Waals surface area contributed by atoms with Crippen LogP contribution in [0, 0.1) is 0 Å². The molecule has 0 unspecified atom stereocenters. The molecular formula is C27H38N2O7. The van der Waals surface area contributed by atoms with E-state index in [9.17, 15) is 19.2 Å². The number of benzene rings is 1. The minimum atomic E-state index is -1.49. The van der Waals surface area contributed by atoms with E-state index in [-0.39, 0.29) is 24.9 Å². The minimum absolute atomic E-state index is 0.0723. The summed E-state index contributed by atoms with van der Waals surface area (Å²) in [7, 11) is 0. The van der Waals surface area contributed by atoms with E-state index in [0.29, 0.717) is 17.7 Å². The van der Waals surface area contributed by atoms with Crippen LogP contribution in [0.1, 0.15) is 92.6 Å². The average Bonchev–Trinajstić information content (AvgIpc) is 2.92. The number of carbonyl (C=O) groups is 4. The van der Waals surface area contributed by atoms with Crippen molar-refractivity contribution in [3.8, 4) is 5.75 Å². The first-order chi connectivity index (χ1) is 16.5. The zero-order chi connectivity index (χ0) is 27.1. The first kappa shape index (κ1) is 27.5. The topological polar surface area (TPSA) is 102 Å². The number of carbonyl (C=O) groups excluding carboxylic acids is 4. The largest absolute Gasteiger partial charge is 0.491 e. The molecule has 0 radical (unpaired) electrons. The minimum Gasteiger partial charge on any atom is -0.491 e. The average molecular weight is 503 g/mol. The lowest BCUT2D eigenvalue weighted by Crippen LogP contribution is -2.55. The molecule has 36 heavy (non-hydrogen) atoms. The van der Waals surface area contributed by atoms with Crippen molar-refractivity contribution in [3.05, 3.63) is 29.8 Å². The van der Waals surface area contributed by atoms with Gasteiger partial charge in [0.2, 0.25) is 0 Å². The maximum absolute atomic E-state index is 13.6. The highest BCUT2D eigenvalue weighted by molar-refractivity contribution is 6.20. The summed E-state index contributed by atoms with van der Waals surface area (Å²) in [5.74, 6) is 0.163. The highest BCUT2D eigenvalue weighted by Gasteiger charge is 2.64. The molecule has 9 heteroatoms. The predicted molar refractivity (Wildman–Crippen MR) is 133 cm³/mol. The van der Waals surface area contributed by atoms with Gasteiger partial charge in [0.1, 0.15) is 22.5 Å². The van der Waals surface area contributed by atoms with Crippen LogP contribution in [0.4, 0.5) is 14.4 Å². The summed E-state index contributed by atoms with van der Waals surface area (Å²) < 4.78 is 16.5. The van der Waals surface area contributed by atoms with Crippen LogP contribution >= 0.6 is 0 Å². The van der Waals surface area contributed by atoms with Gasteiger partial charge >= 0.3 is 18.2 Å². The number of amides is 5. The van der Waals surface area contributed by atoms with Crippen molar-refractivity contribution in [2.75, 3.05) is 0 Å². The first-order valence-electron chi connectivity index (χ1n) is 12.5. The Morgan fingerprint density at radius 3 is 1.86 bits per heavy atom. The molecule has 1 heterocycles. The Kier molecular flexibility index (Phi) is 7.44. The maximum Gasteiger partial charge on any atom is 0.425 e. The molecule has 1 aromatic carbocycles. The molecule has 1 saturated carbocycles. The number of hydrogen-bond donors (Lipinski definition) is 0. The van der Waals surface area contributed by atoms with Crippen molar-refractivity contribution in [2.24, 2.45) is 0 Å². The van der Waals surface area contributed by atoms with Gasteiger partial charge in [0.25, 0.3) is 5.91 Å². The van der Waals surface area contributed by atoms with Gasteiger partial charge in [0.15, 0.2) is 0 Å². The second kappa shape index (κ2) is 9.75. The summed E-state index contributed by atoms with van der Waals surface area (Å²) in [6.45, 7) is 13.9. The second-order valence-corrected chi connectivity index (χ2v) is 11.8. The Morgan fingerprint density at radius 1 is 0.889 bits per heavy atom. The number of ether oxygens (including phenoxy) is 3. The number of urea groups is 1. The molecule has 0 N–H and O–H groups in total. The smallest absolute Gasteiger partial charge is 0.425 e. The lowest BCUT2D eigenvalue weighted by Gasteiger charge is -2.40. The van der Waals surface area contributed by atoms with E-state index < -0.39 is 40.9 Å². The summed E-state index contributed by atoms with van der Waals surface area (Å²) in [6.07, 6.45) is -0.444. The number of imide groups is 4. The Bertz CT molecular complexity index is 1010. The highest BCUT2D eigenvalue weighted by Crippen LogP contribution is 2.46. The van der Waals surface area contributed by atoms with Gasteiger partial charge < -0.3 is 14.2 Å². The number of hydrogen-bond acceptors (Lipinski definition) is 7. The van der Waals surface area contributed by atoms with Crippen molar-refractivity contribution in [1.29, 1.82) is 0 Å². The molecule has 1 aromatic rings. The van der Waals surface area contributed by atoms with Crippen LogP contribution in [0.25, 0.3) is 0 Å². The van der Waals surface area contributed by atoms with Crippen molar-refractivity contribution < 1.29 is 33.4 Å². The van der Waals surface area contributed by atoms with Crippen molar-refractivity contribution in [3.63, 3.8) is 0 Å². The van der Waals surface area contributed by atoms with Gasteiger partial charge in [-0.3, -0.25) is 4.79 Å². The standard InChI is InChI=1S/C27H38N2O7/c1-17(2)34-20-11-9-18(10-12-20)19-13-15-27(16-14-19)21(30)28(23(32)35-25(3,4)5)22(31)29(27)24(33)36-26(6,7)8/h9-12,17,19H,13-16H2,1-8H3. The van der Waals surface area contributed by atoms with Crippen LogP contribution in [-0.4, -0.2) is 56.8 Å². The van der Waals surface area contributed by atoms with Gasteiger partial charge in [-0.25, -0.2) is 19.3 Å². The number of rotatable bonds is 3. The molecule has 198 valence electrons. The molecule has 2 fully saturated rings. The fourth-order valence-electron chi connectivity index (χ4n) is 4.66. The van der Waals surface area contributed by atoms with Crippen LogP contribution in [0.15, 0.2) is 24.3 Å². The third-order valence-electron chi connectivity index (χ3n) is 6.10. The molecule has 0 aromatic heterocycles. The number of nitrogens with zero attached hydrogens (tertiary/aromatic N) is 2. The first-order valence-corrected chi connectivity index (χ1v) is 12.5. The molecular weight excluding hydrogens is 464 g/mol. The maximum atomic E-state index is 13.6. The van der Waals surface area contributed by atoms with Gasteiger partial charge in [0, 0.05) is 0 Å². The van der Waals surface area contributed by atoms with Gasteiger partial charge in [-0.2, -0.15) is 4.90 Å². The summed E-state index contributed by atoms with van der Waals surface area (Å²) >= 11 is 0. The van der Waals surface area contributed by atoms with E-state index in [0.717, 1.165) is 16.2 Å². The third kappa shape index (κ3) is 5.82. The fraction of sp³-hybridized carbons (Fsp3) is 0.630. The van der Waals surface area contributed by atoms with Crippen LogP contribution in [0.2, 0.25) is 0 Å². The van der Waals surface area contributed by atoms with Crippen LogP contribution in [0.3, 0.4) is 0 Å². The molecule has 1 aliphatic heterocycles. The third-order valence-corrected chi connectivity index (χ3v) is 6.10. The van der Waals surface area contributed by atoms with E-state index in [4.69, 9.17) is 14.2 Å². The predicted octanol–water partition coefficient (Wildman–Crippen LogP) is 6.00. The van der Waals surface area contributed by atoms with Crippen LogP contribution in [-0.2, 0) is 14.3 Å². The van der Waals surface area contributed by atoms with E-state index in [2.05, 4.69) is 0 Å². The summed E-state index contributed by atoms with van der Waals surface area (Å²) in [4.78, 5) is 54.2. The van der Waals surface area contributed by atoms with Crippen molar-refractivity contribution in [1.82, 2.24) is 9.80 Å². The second-order valence-electron chi connectivity index (χ2n) is 11.8. The molecule has 1 saturated heterocycles. The lowest BCUT2D eigenvalue weighted by molar-refractivity contribution is -0.134. The SMILES string of the molecule is CC(C)Oc1ccc(C2CCC3(CC2)C(=O)N(C(=O)OC(C)(C)C)C(=O)N3C(=O)OC(C)(C)C)cc1. The van der Waals surface area contributed by atoms with Crippen molar-refractivity contribution in [2.45, 2.75) is 110 Å². The van der Waals surface area contributed by atoms with Crippen LogP contribution in [0.5, 0.6) is 5.75 Å². The summed E-state index contributed by atoms with van der Waals surface area (Å²) in [5.41, 5.74) is -2.22. The van der Waals surface area contributed by atoms with E-state index >= 15 is 0 Å².